The lowest BCUT2D eigenvalue weighted by Gasteiger charge is -2.26. The Hall–Kier alpha value is -2.67. The van der Waals surface area contributed by atoms with Crippen LogP contribution in [0.3, 0.4) is 0 Å². The molecular weight excluding hydrogens is 422 g/mol. The quantitative estimate of drug-likeness (QED) is 0.527. The average Bonchev–Trinajstić information content (AvgIpc) is 3.04. The lowest BCUT2D eigenvalue weighted by molar-refractivity contribution is 0.0919. The first-order chi connectivity index (χ1) is 14.7. The molecule has 164 valence electrons. The van der Waals surface area contributed by atoms with Crippen molar-refractivity contribution in [3.05, 3.63) is 52.0 Å². The zero-order chi connectivity index (χ0) is 22.3. The highest BCUT2D eigenvalue weighted by Gasteiger charge is 2.23. The van der Waals surface area contributed by atoms with Crippen molar-refractivity contribution in [2.75, 3.05) is 5.32 Å². The fourth-order valence-electron chi connectivity index (χ4n) is 4.05. The monoisotopic (exact) mass is 446 g/mol. The second kappa shape index (κ2) is 8.46. The number of halogens is 3. The molecule has 0 bridgehead atoms. The van der Waals surface area contributed by atoms with Crippen LogP contribution in [0.15, 0.2) is 24.3 Å². The Kier molecular flexibility index (Phi) is 5.88. The molecule has 0 aliphatic heterocycles. The van der Waals surface area contributed by atoms with E-state index in [0.29, 0.717) is 28.5 Å². The van der Waals surface area contributed by atoms with Gasteiger partial charge < -0.3 is 15.2 Å². The summed E-state index contributed by atoms with van der Waals surface area (Å²) in [4.78, 5) is 17.1. The zero-order valence-corrected chi connectivity index (χ0v) is 18.5. The molecule has 3 aromatic rings. The van der Waals surface area contributed by atoms with Crippen LogP contribution in [-0.2, 0) is 7.05 Å². The SMILES string of the molecule is Cc1ccc(Cl)c(Nc2nc3cc(C(=O)NC4CCC(C)CC4)c(F)cc3n2C)c1F. The topological polar surface area (TPSA) is 59.0 Å². The van der Waals surface area contributed by atoms with Gasteiger partial charge in [0.2, 0.25) is 5.95 Å². The Balaban J connectivity index is 1.62. The van der Waals surface area contributed by atoms with Crippen LogP contribution >= 0.6 is 11.6 Å². The van der Waals surface area contributed by atoms with E-state index in [9.17, 15) is 13.6 Å². The minimum atomic E-state index is -0.622. The summed E-state index contributed by atoms with van der Waals surface area (Å²) in [6, 6.07) is 5.96. The van der Waals surface area contributed by atoms with E-state index >= 15 is 0 Å². The first kappa shape index (κ1) is 21.6. The number of carbonyl (C=O) groups is 1. The number of nitrogens with zero attached hydrogens (tertiary/aromatic N) is 2. The van der Waals surface area contributed by atoms with Gasteiger partial charge >= 0.3 is 0 Å². The summed E-state index contributed by atoms with van der Waals surface area (Å²) in [6.45, 7) is 3.84. The van der Waals surface area contributed by atoms with Gasteiger partial charge in [-0.25, -0.2) is 13.8 Å². The maximum absolute atomic E-state index is 14.8. The van der Waals surface area contributed by atoms with E-state index < -0.39 is 17.5 Å². The van der Waals surface area contributed by atoms with Crippen molar-refractivity contribution in [3.8, 4) is 0 Å². The summed E-state index contributed by atoms with van der Waals surface area (Å²) >= 11 is 6.14. The number of aryl methyl sites for hydroxylation is 2. The summed E-state index contributed by atoms with van der Waals surface area (Å²) in [5, 5.41) is 6.06. The van der Waals surface area contributed by atoms with Crippen LogP contribution in [0.4, 0.5) is 20.4 Å². The van der Waals surface area contributed by atoms with Crippen LogP contribution in [0.25, 0.3) is 11.0 Å². The molecule has 1 aromatic heterocycles. The Bertz CT molecular complexity index is 1150. The van der Waals surface area contributed by atoms with Gasteiger partial charge in [-0.05, 0) is 56.2 Å². The van der Waals surface area contributed by atoms with Crippen LogP contribution in [-0.4, -0.2) is 21.5 Å². The third kappa shape index (κ3) is 4.24. The van der Waals surface area contributed by atoms with Crippen molar-refractivity contribution in [3.63, 3.8) is 0 Å². The molecule has 8 heteroatoms. The third-order valence-corrected chi connectivity index (χ3v) is 6.40. The molecule has 1 aliphatic rings. The molecule has 2 aromatic carbocycles. The molecule has 1 heterocycles. The van der Waals surface area contributed by atoms with Crippen molar-refractivity contribution < 1.29 is 13.6 Å². The fraction of sp³-hybridized carbons (Fsp3) is 0.391. The predicted octanol–water partition coefficient (Wildman–Crippen LogP) is 5.87. The number of anilines is 2. The Morgan fingerprint density at radius 1 is 1.19 bits per heavy atom. The van der Waals surface area contributed by atoms with Gasteiger partial charge in [0.1, 0.15) is 5.82 Å². The number of rotatable bonds is 4. The number of imidazole rings is 1. The molecule has 5 nitrogen and oxygen atoms in total. The van der Waals surface area contributed by atoms with Crippen LogP contribution in [0, 0.1) is 24.5 Å². The molecule has 0 spiro atoms. The third-order valence-electron chi connectivity index (χ3n) is 6.09. The van der Waals surface area contributed by atoms with E-state index in [1.54, 1.807) is 30.7 Å². The minimum absolute atomic E-state index is 0.0458. The molecule has 0 atom stereocenters. The van der Waals surface area contributed by atoms with Crippen molar-refractivity contribution in [2.45, 2.75) is 45.6 Å². The van der Waals surface area contributed by atoms with Gasteiger partial charge in [-0.3, -0.25) is 4.79 Å². The molecule has 1 saturated carbocycles. The second-order valence-corrected chi connectivity index (χ2v) is 8.83. The molecule has 1 amide bonds. The molecule has 0 saturated heterocycles. The Labute approximate surface area is 184 Å². The van der Waals surface area contributed by atoms with Crippen molar-refractivity contribution >= 4 is 40.2 Å². The zero-order valence-electron chi connectivity index (χ0n) is 17.7. The Morgan fingerprint density at radius 2 is 1.90 bits per heavy atom. The maximum Gasteiger partial charge on any atom is 0.254 e. The number of carbonyl (C=O) groups excluding carboxylic acids is 1. The standard InChI is InChI=1S/C23H25ClF2N4O/c1-12-4-7-14(8-5-12)27-22(31)15-10-18-19(11-17(15)25)30(3)23(28-18)29-21-16(24)9-6-13(2)20(21)26/h6,9-12,14H,4-5,7-8H2,1-3H3,(H,27,31)(H,28,29). The fourth-order valence-corrected chi connectivity index (χ4v) is 4.24. The van der Waals surface area contributed by atoms with Crippen molar-refractivity contribution in [2.24, 2.45) is 13.0 Å². The number of nitrogens with one attached hydrogen (secondary N) is 2. The molecule has 4 rings (SSSR count). The molecular formula is C23H25ClF2N4O. The molecule has 0 unspecified atom stereocenters. The van der Waals surface area contributed by atoms with Crippen LogP contribution in [0.1, 0.15) is 48.5 Å². The van der Waals surface area contributed by atoms with Crippen LogP contribution in [0.5, 0.6) is 0 Å². The van der Waals surface area contributed by atoms with Gasteiger partial charge in [-0.1, -0.05) is 24.6 Å². The van der Waals surface area contributed by atoms with Crippen molar-refractivity contribution in [1.82, 2.24) is 14.9 Å². The molecule has 0 radical (unpaired) electrons. The summed E-state index contributed by atoms with van der Waals surface area (Å²) in [5.74, 6) is -0.588. The summed E-state index contributed by atoms with van der Waals surface area (Å²) < 4.78 is 30.9. The Morgan fingerprint density at radius 3 is 2.61 bits per heavy atom. The largest absolute Gasteiger partial charge is 0.349 e. The van der Waals surface area contributed by atoms with Gasteiger partial charge in [0.15, 0.2) is 5.82 Å². The molecule has 2 N–H and O–H groups in total. The van der Waals surface area contributed by atoms with E-state index in [1.807, 2.05) is 0 Å². The highest BCUT2D eigenvalue weighted by atomic mass is 35.5. The minimum Gasteiger partial charge on any atom is -0.349 e. The van der Waals surface area contributed by atoms with Gasteiger partial charge in [0.25, 0.3) is 5.91 Å². The number of aromatic nitrogens is 2. The lowest BCUT2D eigenvalue weighted by atomic mass is 9.87. The summed E-state index contributed by atoms with van der Waals surface area (Å²) in [5.41, 5.74) is 1.40. The summed E-state index contributed by atoms with van der Waals surface area (Å²) in [6.07, 6.45) is 3.91. The lowest BCUT2D eigenvalue weighted by Crippen LogP contribution is -2.37. The highest BCUT2D eigenvalue weighted by Crippen LogP contribution is 2.31. The van der Waals surface area contributed by atoms with Gasteiger partial charge in [-0.2, -0.15) is 0 Å². The van der Waals surface area contributed by atoms with Gasteiger partial charge in [-0.15, -0.1) is 0 Å². The van der Waals surface area contributed by atoms with E-state index in [2.05, 4.69) is 22.5 Å². The number of amides is 1. The first-order valence-electron chi connectivity index (χ1n) is 10.4. The van der Waals surface area contributed by atoms with Crippen LogP contribution in [0.2, 0.25) is 5.02 Å². The van der Waals surface area contributed by atoms with E-state index in [1.165, 1.54) is 12.1 Å². The smallest absolute Gasteiger partial charge is 0.254 e. The number of hydrogen-bond donors (Lipinski definition) is 2. The van der Waals surface area contributed by atoms with Gasteiger partial charge in [0, 0.05) is 19.2 Å². The predicted molar refractivity (Wildman–Crippen MR) is 119 cm³/mol. The van der Waals surface area contributed by atoms with E-state index in [4.69, 9.17) is 11.6 Å². The van der Waals surface area contributed by atoms with E-state index in [0.717, 1.165) is 25.7 Å². The van der Waals surface area contributed by atoms with E-state index in [-0.39, 0.29) is 22.3 Å². The van der Waals surface area contributed by atoms with Crippen molar-refractivity contribution in [1.29, 1.82) is 0 Å². The molecule has 1 aliphatic carbocycles. The maximum atomic E-state index is 14.8. The number of fused-ring (bicyclic) bond motifs is 1. The summed E-state index contributed by atoms with van der Waals surface area (Å²) in [7, 11) is 1.68. The second-order valence-electron chi connectivity index (χ2n) is 8.42. The first-order valence-corrected chi connectivity index (χ1v) is 10.8. The average molecular weight is 447 g/mol. The van der Waals surface area contributed by atoms with Crippen LogP contribution < -0.4 is 10.6 Å². The molecule has 31 heavy (non-hydrogen) atoms. The number of benzene rings is 2. The number of hydrogen-bond acceptors (Lipinski definition) is 3. The normalized spacial score (nSPS) is 18.9. The van der Waals surface area contributed by atoms with Gasteiger partial charge in [0.05, 0.1) is 27.3 Å². The highest BCUT2D eigenvalue weighted by molar-refractivity contribution is 6.33. The molecule has 1 fully saturated rings.